The Morgan fingerprint density at radius 1 is 1.12 bits per heavy atom. The van der Waals surface area contributed by atoms with Gasteiger partial charge < -0.3 is 9.72 Å². The molecule has 2 unspecified atom stereocenters. The Bertz CT molecular complexity index is 1360. The number of aromatic nitrogens is 6. The molecule has 1 aromatic carbocycles. The number of hydrogen-bond acceptors (Lipinski definition) is 7. The van der Waals surface area contributed by atoms with Crippen molar-refractivity contribution in [2.45, 2.75) is 38.1 Å². The smallest absolute Gasteiger partial charge is 0.276 e. The number of rotatable bonds is 4. The number of likely N-dealkylation sites (tertiary alicyclic amines) is 1. The summed E-state index contributed by atoms with van der Waals surface area (Å²) in [6.07, 6.45) is 5.34. The molecule has 0 saturated carbocycles. The van der Waals surface area contributed by atoms with Crippen LogP contribution < -0.4 is 5.56 Å². The van der Waals surface area contributed by atoms with Gasteiger partial charge in [0.1, 0.15) is 17.5 Å². The van der Waals surface area contributed by atoms with Crippen molar-refractivity contribution in [2.24, 2.45) is 5.92 Å². The molecule has 2 saturated heterocycles. The van der Waals surface area contributed by atoms with Gasteiger partial charge in [-0.3, -0.25) is 9.69 Å². The molecule has 0 spiro atoms. The van der Waals surface area contributed by atoms with Gasteiger partial charge in [-0.2, -0.15) is 5.10 Å². The van der Waals surface area contributed by atoms with Crippen molar-refractivity contribution in [1.29, 1.82) is 0 Å². The summed E-state index contributed by atoms with van der Waals surface area (Å²) in [4.78, 5) is 32.1. The predicted molar refractivity (Wildman–Crippen MR) is 123 cm³/mol. The van der Waals surface area contributed by atoms with Gasteiger partial charge in [0.15, 0.2) is 5.52 Å². The van der Waals surface area contributed by atoms with Crippen LogP contribution in [0.5, 0.6) is 0 Å². The molecule has 33 heavy (non-hydrogen) atoms. The molecule has 5 heterocycles. The van der Waals surface area contributed by atoms with Crippen LogP contribution in [0.3, 0.4) is 0 Å². The molecule has 9 heteroatoms. The van der Waals surface area contributed by atoms with E-state index in [1.807, 2.05) is 30.5 Å². The number of aromatic amines is 1. The number of ether oxygens (including phenoxy) is 1. The zero-order valence-electron chi connectivity index (χ0n) is 18.6. The monoisotopic (exact) mass is 445 g/mol. The molecule has 9 nitrogen and oxygen atoms in total. The Kier molecular flexibility index (Phi) is 5.15. The molecule has 1 N–H and O–H groups in total. The van der Waals surface area contributed by atoms with E-state index in [0.29, 0.717) is 18.0 Å². The quantitative estimate of drug-likeness (QED) is 0.515. The minimum Gasteiger partial charge on any atom is -0.381 e. The van der Waals surface area contributed by atoms with Gasteiger partial charge in [0.2, 0.25) is 0 Å². The number of fused-ring (bicyclic) bond motifs is 2. The summed E-state index contributed by atoms with van der Waals surface area (Å²) in [5.74, 6) is 3.16. The van der Waals surface area contributed by atoms with Gasteiger partial charge >= 0.3 is 0 Å². The zero-order chi connectivity index (χ0) is 22.4. The van der Waals surface area contributed by atoms with E-state index in [-0.39, 0.29) is 17.4 Å². The third-order valence-corrected chi connectivity index (χ3v) is 6.98. The number of benzene rings is 1. The van der Waals surface area contributed by atoms with Gasteiger partial charge in [-0.25, -0.2) is 19.5 Å². The molecule has 2 fully saturated rings. The summed E-state index contributed by atoms with van der Waals surface area (Å²) in [5.41, 5.74) is 1.34. The van der Waals surface area contributed by atoms with Crippen LogP contribution in [-0.2, 0) is 11.3 Å². The standard InChI is InChI=1S/C24H27N7O2/c1-15-12-30(14-21-25-10-17-4-2-3-5-19(17)27-21)13-18(15)22-28-24(32)20-11-26-23(31(20)29-22)16-6-8-33-9-7-16/h2-5,10-11,15-16,18H,6-9,12-14H2,1H3,(H,28,29,32). The number of hydrogen-bond donors (Lipinski definition) is 1. The summed E-state index contributed by atoms with van der Waals surface area (Å²) in [6.45, 7) is 6.04. The van der Waals surface area contributed by atoms with Crippen molar-refractivity contribution in [1.82, 2.24) is 34.4 Å². The molecule has 170 valence electrons. The van der Waals surface area contributed by atoms with Crippen molar-refractivity contribution in [3.05, 3.63) is 64.5 Å². The Balaban J connectivity index is 1.26. The van der Waals surface area contributed by atoms with E-state index in [1.54, 1.807) is 10.7 Å². The van der Waals surface area contributed by atoms with Crippen LogP contribution in [0.4, 0.5) is 0 Å². The first-order chi connectivity index (χ1) is 16.2. The van der Waals surface area contributed by atoms with E-state index in [1.165, 1.54) is 0 Å². The molecule has 6 rings (SSSR count). The summed E-state index contributed by atoms with van der Waals surface area (Å²) in [5, 5.41) is 5.93. The van der Waals surface area contributed by atoms with Crippen LogP contribution in [0.15, 0.2) is 41.5 Å². The van der Waals surface area contributed by atoms with Gasteiger partial charge in [-0.1, -0.05) is 25.1 Å². The fraction of sp³-hybridized carbons (Fsp3) is 0.458. The second-order valence-electron chi connectivity index (χ2n) is 9.26. The van der Waals surface area contributed by atoms with Crippen molar-refractivity contribution in [3.8, 4) is 0 Å². The fourth-order valence-electron chi connectivity index (χ4n) is 5.17. The number of imidazole rings is 1. The van der Waals surface area contributed by atoms with Crippen LogP contribution in [0.25, 0.3) is 16.4 Å². The van der Waals surface area contributed by atoms with E-state index in [0.717, 1.165) is 67.5 Å². The maximum absolute atomic E-state index is 12.8. The normalized spacial score (nSPS) is 22.5. The minimum absolute atomic E-state index is 0.130. The fourth-order valence-corrected chi connectivity index (χ4v) is 5.17. The SMILES string of the molecule is CC1CN(Cc2ncc3ccccc3n2)CC1c1nn2c(C3CCOCC3)ncc2c(=O)[nH]1. The van der Waals surface area contributed by atoms with Crippen molar-refractivity contribution < 1.29 is 4.74 Å². The van der Waals surface area contributed by atoms with E-state index < -0.39 is 0 Å². The Labute approximate surface area is 190 Å². The highest BCUT2D eigenvalue weighted by atomic mass is 16.5. The third-order valence-electron chi connectivity index (χ3n) is 6.98. The zero-order valence-corrected chi connectivity index (χ0v) is 18.6. The highest BCUT2D eigenvalue weighted by Crippen LogP contribution is 2.31. The molecule has 0 aliphatic carbocycles. The molecule has 3 aromatic heterocycles. The Morgan fingerprint density at radius 3 is 2.85 bits per heavy atom. The maximum atomic E-state index is 12.8. The van der Waals surface area contributed by atoms with E-state index in [9.17, 15) is 4.79 Å². The summed E-state index contributed by atoms with van der Waals surface area (Å²) in [7, 11) is 0. The van der Waals surface area contributed by atoms with Crippen molar-refractivity contribution in [2.75, 3.05) is 26.3 Å². The molecule has 2 aliphatic heterocycles. The molecular weight excluding hydrogens is 418 g/mol. The molecule has 0 radical (unpaired) electrons. The summed E-state index contributed by atoms with van der Waals surface area (Å²) < 4.78 is 7.27. The molecule has 0 amide bonds. The number of nitrogens with zero attached hydrogens (tertiary/aromatic N) is 6. The second kappa shape index (κ2) is 8.31. The number of H-pyrrole nitrogens is 1. The maximum Gasteiger partial charge on any atom is 0.276 e. The number of para-hydroxylation sites is 1. The van der Waals surface area contributed by atoms with Gasteiger partial charge in [0.05, 0.1) is 18.3 Å². The molecule has 2 atom stereocenters. The van der Waals surface area contributed by atoms with E-state index >= 15 is 0 Å². The topological polar surface area (TPSA) is 101 Å². The van der Waals surface area contributed by atoms with Crippen molar-refractivity contribution >= 4 is 16.4 Å². The van der Waals surface area contributed by atoms with Gasteiger partial charge in [0, 0.05) is 49.7 Å². The second-order valence-corrected chi connectivity index (χ2v) is 9.26. The van der Waals surface area contributed by atoms with Gasteiger partial charge in [-0.15, -0.1) is 0 Å². The molecule has 0 bridgehead atoms. The summed E-state index contributed by atoms with van der Waals surface area (Å²) >= 11 is 0. The van der Waals surface area contributed by atoms with Crippen molar-refractivity contribution in [3.63, 3.8) is 0 Å². The lowest BCUT2D eigenvalue weighted by molar-refractivity contribution is 0.0832. The summed E-state index contributed by atoms with van der Waals surface area (Å²) in [6, 6.07) is 8.03. The van der Waals surface area contributed by atoms with Gasteiger partial charge in [-0.05, 0) is 24.8 Å². The Morgan fingerprint density at radius 2 is 1.97 bits per heavy atom. The van der Waals surface area contributed by atoms with E-state index in [2.05, 4.69) is 26.8 Å². The lowest BCUT2D eigenvalue weighted by atomic mass is 9.97. The van der Waals surface area contributed by atoms with Crippen LogP contribution in [0.2, 0.25) is 0 Å². The minimum atomic E-state index is -0.130. The molecular formula is C24H27N7O2. The lowest BCUT2D eigenvalue weighted by Gasteiger charge is -2.21. The first kappa shape index (κ1) is 20.4. The average molecular weight is 446 g/mol. The predicted octanol–water partition coefficient (Wildman–Crippen LogP) is 2.49. The third kappa shape index (κ3) is 3.81. The van der Waals surface area contributed by atoms with Crippen LogP contribution in [0.1, 0.15) is 49.1 Å². The highest BCUT2D eigenvalue weighted by molar-refractivity contribution is 5.77. The largest absolute Gasteiger partial charge is 0.381 e. The highest BCUT2D eigenvalue weighted by Gasteiger charge is 2.34. The first-order valence-electron chi connectivity index (χ1n) is 11.6. The van der Waals surface area contributed by atoms with E-state index in [4.69, 9.17) is 14.8 Å². The molecule has 2 aliphatic rings. The Hall–Kier alpha value is -3.17. The van der Waals surface area contributed by atoms with Crippen LogP contribution in [-0.4, -0.2) is 60.8 Å². The van der Waals surface area contributed by atoms with Crippen LogP contribution >= 0.6 is 0 Å². The average Bonchev–Trinajstić information content (AvgIpc) is 3.43. The lowest BCUT2D eigenvalue weighted by Crippen LogP contribution is -2.24. The first-order valence-corrected chi connectivity index (χ1v) is 11.6. The number of nitrogens with one attached hydrogen (secondary N) is 1. The van der Waals surface area contributed by atoms with Crippen LogP contribution in [0, 0.1) is 5.92 Å². The van der Waals surface area contributed by atoms with Gasteiger partial charge in [0.25, 0.3) is 5.56 Å². The molecule has 4 aromatic rings.